The van der Waals surface area contributed by atoms with E-state index in [9.17, 15) is 13.2 Å². The summed E-state index contributed by atoms with van der Waals surface area (Å²) in [6, 6.07) is 1.75. The summed E-state index contributed by atoms with van der Waals surface area (Å²) in [7, 11) is 0. The molecule has 0 amide bonds. The quantitative estimate of drug-likeness (QED) is 0.811. The van der Waals surface area contributed by atoms with Gasteiger partial charge >= 0.3 is 6.18 Å². The van der Waals surface area contributed by atoms with Crippen molar-refractivity contribution in [3.8, 4) is 5.88 Å². The number of hydrogen-bond acceptors (Lipinski definition) is 6. The van der Waals surface area contributed by atoms with Gasteiger partial charge in [0.1, 0.15) is 5.82 Å². The highest BCUT2D eigenvalue weighted by molar-refractivity contribution is 5.32. The minimum Gasteiger partial charge on any atom is -0.477 e. The van der Waals surface area contributed by atoms with Gasteiger partial charge in [0.25, 0.3) is 0 Å². The standard InChI is InChI=1S/C17H18F3N5O/c18-17(19,20)13-7-22-16(23-8-13)25-6-4-11(9-25)10-26-14-3-5-21-15(24-14)12-1-2-12/h3,5,7-8,11-12H,1-2,4,6,9-10H2/t11-/m0/s1. The lowest BCUT2D eigenvalue weighted by Crippen LogP contribution is -2.24. The Morgan fingerprint density at radius 1 is 1.12 bits per heavy atom. The zero-order valence-corrected chi connectivity index (χ0v) is 14.0. The number of anilines is 1. The van der Waals surface area contributed by atoms with Crippen LogP contribution < -0.4 is 9.64 Å². The lowest BCUT2D eigenvalue weighted by atomic mass is 10.1. The smallest absolute Gasteiger partial charge is 0.419 e. The molecule has 0 radical (unpaired) electrons. The summed E-state index contributed by atoms with van der Waals surface area (Å²) in [4.78, 5) is 18.3. The lowest BCUT2D eigenvalue weighted by Gasteiger charge is -2.17. The molecule has 0 N–H and O–H groups in total. The van der Waals surface area contributed by atoms with E-state index in [0.29, 0.717) is 37.4 Å². The number of halogens is 3. The third kappa shape index (κ3) is 3.86. The monoisotopic (exact) mass is 365 g/mol. The molecule has 1 saturated heterocycles. The van der Waals surface area contributed by atoms with Gasteiger partial charge in [-0.05, 0) is 19.3 Å². The van der Waals surface area contributed by atoms with E-state index in [1.807, 2.05) is 4.90 Å². The van der Waals surface area contributed by atoms with Gasteiger partial charge in [0.15, 0.2) is 0 Å². The van der Waals surface area contributed by atoms with E-state index < -0.39 is 11.7 Å². The van der Waals surface area contributed by atoms with Crippen LogP contribution in [0.3, 0.4) is 0 Å². The van der Waals surface area contributed by atoms with Crippen molar-refractivity contribution in [1.82, 2.24) is 19.9 Å². The Morgan fingerprint density at radius 3 is 2.58 bits per heavy atom. The second kappa shape index (κ2) is 6.69. The topological polar surface area (TPSA) is 64.0 Å². The van der Waals surface area contributed by atoms with Gasteiger partial charge in [0, 0.05) is 49.6 Å². The molecule has 1 aliphatic carbocycles. The third-order valence-corrected chi connectivity index (χ3v) is 4.59. The molecule has 1 atom stereocenters. The molecule has 0 aromatic carbocycles. The average Bonchev–Trinajstić information content (AvgIpc) is 3.38. The summed E-state index contributed by atoms with van der Waals surface area (Å²) in [5.41, 5.74) is -0.837. The van der Waals surface area contributed by atoms with E-state index in [1.165, 1.54) is 0 Å². The molecule has 3 heterocycles. The van der Waals surface area contributed by atoms with Crippen molar-refractivity contribution in [3.05, 3.63) is 36.0 Å². The van der Waals surface area contributed by atoms with Crippen molar-refractivity contribution >= 4 is 5.95 Å². The van der Waals surface area contributed by atoms with Crippen LogP contribution in [0.2, 0.25) is 0 Å². The van der Waals surface area contributed by atoms with E-state index in [0.717, 1.165) is 37.5 Å². The summed E-state index contributed by atoms with van der Waals surface area (Å²) in [5, 5.41) is 0. The first-order valence-corrected chi connectivity index (χ1v) is 8.59. The molecule has 2 aliphatic rings. The number of nitrogens with zero attached hydrogens (tertiary/aromatic N) is 5. The fourth-order valence-electron chi connectivity index (χ4n) is 2.96. The normalized spacial score (nSPS) is 20.4. The molecule has 0 bridgehead atoms. The van der Waals surface area contributed by atoms with E-state index in [4.69, 9.17) is 4.74 Å². The van der Waals surface area contributed by atoms with Crippen LogP contribution >= 0.6 is 0 Å². The predicted octanol–water partition coefficient (Wildman–Crippen LogP) is 3.07. The van der Waals surface area contributed by atoms with Crippen LogP contribution in [0.5, 0.6) is 5.88 Å². The second-order valence-corrected chi connectivity index (χ2v) is 6.71. The Morgan fingerprint density at radius 2 is 1.88 bits per heavy atom. The molecular formula is C17H18F3N5O. The van der Waals surface area contributed by atoms with Gasteiger partial charge in [-0.2, -0.15) is 18.2 Å². The van der Waals surface area contributed by atoms with Gasteiger partial charge in [-0.25, -0.2) is 15.0 Å². The Labute approximate surface area is 148 Å². The van der Waals surface area contributed by atoms with Gasteiger partial charge in [0.05, 0.1) is 12.2 Å². The molecule has 1 aliphatic heterocycles. The van der Waals surface area contributed by atoms with Crippen molar-refractivity contribution < 1.29 is 17.9 Å². The van der Waals surface area contributed by atoms with Crippen LogP contribution in [-0.4, -0.2) is 39.6 Å². The molecule has 2 fully saturated rings. The number of aromatic nitrogens is 4. The predicted molar refractivity (Wildman–Crippen MR) is 86.9 cm³/mol. The number of rotatable bonds is 5. The maximum atomic E-state index is 12.6. The molecule has 1 saturated carbocycles. The average molecular weight is 365 g/mol. The van der Waals surface area contributed by atoms with E-state index in [1.54, 1.807) is 12.3 Å². The molecule has 9 heteroatoms. The lowest BCUT2D eigenvalue weighted by molar-refractivity contribution is -0.138. The van der Waals surface area contributed by atoms with Crippen LogP contribution in [0.25, 0.3) is 0 Å². The van der Waals surface area contributed by atoms with Crippen LogP contribution in [0.1, 0.15) is 36.6 Å². The van der Waals surface area contributed by atoms with Gasteiger partial charge < -0.3 is 9.64 Å². The molecule has 4 rings (SSSR count). The van der Waals surface area contributed by atoms with Gasteiger partial charge in [-0.15, -0.1) is 0 Å². The number of alkyl halides is 3. The SMILES string of the molecule is FC(F)(F)c1cnc(N2CC[C@H](COc3ccnc(C4CC4)n3)C2)nc1. The molecule has 6 nitrogen and oxygen atoms in total. The zero-order chi connectivity index (χ0) is 18.1. The molecule has 2 aromatic rings. The zero-order valence-electron chi connectivity index (χ0n) is 14.0. The maximum absolute atomic E-state index is 12.6. The highest BCUT2D eigenvalue weighted by atomic mass is 19.4. The molecular weight excluding hydrogens is 347 g/mol. The summed E-state index contributed by atoms with van der Waals surface area (Å²) < 4.78 is 43.5. The minimum absolute atomic E-state index is 0.250. The largest absolute Gasteiger partial charge is 0.477 e. The van der Waals surface area contributed by atoms with Crippen LogP contribution in [0.15, 0.2) is 24.7 Å². The van der Waals surface area contributed by atoms with Crippen LogP contribution in [0, 0.1) is 5.92 Å². The van der Waals surface area contributed by atoms with Crippen molar-refractivity contribution in [2.24, 2.45) is 5.92 Å². The number of ether oxygens (including phenoxy) is 1. The fraction of sp³-hybridized carbons (Fsp3) is 0.529. The molecule has 0 spiro atoms. The third-order valence-electron chi connectivity index (χ3n) is 4.59. The van der Waals surface area contributed by atoms with E-state index >= 15 is 0 Å². The Hall–Kier alpha value is -2.45. The van der Waals surface area contributed by atoms with Gasteiger partial charge in [-0.3, -0.25) is 0 Å². The van der Waals surface area contributed by atoms with Crippen molar-refractivity contribution in [3.63, 3.8) is 0 Å². The first-order valence-electron chi connectivity index (χ1n) is 8.59. The summed E-state index contributed by atoms with van der Waals surface area (Å²) in [6.07, 6.45) is 2.08. The molecule has 26 heavy (non-hydrogen) atoms. The highest BCUT2D eigenvalue weighted by Gasteiger charge is 2.32. The molecule has 138 valence electrons. The second-order valence-electron chi connectivity index (χ2n) is 6.71. The Bertz CT molecular complexity index is 764. The van der Waals surface area contributed by atoms with Gasteiger partial charge in [0.2, 0.25) is 11.8 Å². The fourth-order valence-corrected chi connectivity index (χ4v) is 2.96. The van der Waals surface area contributed by atoms with Crippen molar-refractivity contribution in [1.29, 1.82) is 0 Å². The van der Waals surface area contributed by atoms with E-state index in [2.05, 4.69) is 19.9 Å². The molecule has 0 unspecified atom stereocenters. The Kier molecular flexibility index (Phi) is 4.37. The van der Waals surface area contributed by atoms with Crippen LogP contribution in [-0.2, 0) is 6.18 Å². The first-order chi connectivity index (χ1) is 12.5. The highest BCUT2D eigenvalue weighted by Crippen LogP contribution is 2.38. The summed E-state index contributed by atoms with van der Waals surface area (Å²) >= 11 is 0. The molecule has 2 aromatic heterocycles. The van der Waals surface area contributed by atoms with Crippen molar-refractivity contribution in [2.45, 2.75) is 31.4 Å². The minimum atomic E-state index is -4.42. The van der Waals surface area contributed by atoms with Crippen LogP contribution in [0.4, 0.5) is 19.1 Å². The maximum Gasteiger partial charge on any atom is 0.419 e. The van der Waals surface area contributed by atoms with Crippen molar-refractivity contribution in [2.75, 3.05) is 24.6 Å². The number of hydrogen-bond donors (Lipinski definition) is 0. The summed E-state index contributed by atoms with van der Waals surface area (Å²) in [5.74, 6) is 2.45. The first kappa shape index (κ1) is 17.0. The van der Waals surface area contributed by atoms with E-state index in [-0.39, 0.29) is 5.92 Å². The van der Waals surface area contributed by atoms with Gasteiger partial charge in [-0.1, -0.05) is 0 Å². The summed E-state index contributed by atoms with van der Waals surface area (Å²) in [6.45, 7) is 1.83. The Balaban J connectivity index is 1.31.